The molecule has 0 bridgehead atoms. The second-order valence-corrected chi connectivity index (χ2v) is 19.5. The average Bonchev–Trinajstić information content (AvgIpc) is 3.23. The van der Waals surface area contributed by atoms with Crippen LogP contribution in [0.15, 0.2) is 162 Å². The van der Waals surface area contributed by atoms with Gasteiger partial charge in [0.2, 0.25) is 5.78 Å². The number of nitrogens with one attached hydrogen (secondary N) is 4. The van der Waals surface area contributed by atoms with Gasteiger partial charge in [-0.25, -0.2) is 38.5 Å². The molecule has 336 valence electrons. The van der Waals surface area contributed by atoms with Gasteiger partial charge in [-0.15, -0.1) is 0 Å². The Morgan fingerprint density at radius 3 is 1.84 bits per heavy atom. The third-order valence-corrected chi connectivity index (χ3v) is 13.5. The fraction of sp³-hybridized carbons (Fsp3) is 0. The first-order valence-electron chi connectivity index (χ1n) is 18.4. The maximum atomic E-state index is 13.5. The predicted molar refractivity (Wildman–Crippen MR) is 234 cm³/mol. The molecule has 0 spiro atoms. The van der Waals surface area contributed by atoms with E-state index in [-0.39, 0.29) is 174 Å². The van der Waals surface area contributed by atoms with Crippen LogP contribution in [-0.2, 0) is 45.3 Å². The molecule has 3 aliphatic rings. The molecule has 4 N–H and O–H groups in total. The number of hydrazine groups is 1. The molecule has 0 heterocycles. The van der Waals surface area contributed by atoms with Crippen molar-refractivity contribution in [2.24, 2.45) is 10.1 Å². The van der Waals surface area contributed by atoms with Crippen molar-refractivity contribution in [1.82, 2.24) is 5.43 Å². The normalized spacial score (nSPS) is 15.7. The topological polar surface area (TPSA) is 353 Å². The predicted octanol–water partition coefficient (Wildman–Crippen LogP) is -8.28. The number of nitrogens with zero attached hydrogens (tertiary/aromatic N) is 2. The van der Waals surface area contributed by atoms with Crippen LogP contribution in [0.5, 0.6) is 0 Å². The molecule has 0 aliphatic heterocycles. The average molecular weight is 1060 g/mol. The van der Waals surface area contributed by atoms with Crippen LogP contribution in [0, 0.1) is 0 Å². The number of carbonyl (C=O) groups excluding carboxylic acids is 3. The Morgan fingerprint density at radius 1 is 0.571 bits per heavy atom. The Labute approximate surface area is 487 Å². The standard InChI is InChI=1S/C41H28N6O15S4.4Na/c48-34-20-33(46-44-26-11-12-28-22(15-26)4-2-5-35(28)63(51,52)53)40(66(60,61)62)30-14-10-25(18-32(30)34)43-41(50)42-24-9-13-29-23(16-24)17-37(65(57,58)59)38(39(29)49)47-45-27-8-7-21-3-1-6-36(31(21)19-27)64(54,55)56;;;;/h1-20,44-46H,(H,42,50)(H,51,52,53)(H,54,55,56)(H,57,58,59)(H,60,61,62);;;;/q;4*+1/p-4/b43-25+,47-38+;;;;. The van der Waals surface area contributed by atoms with Crippen LogP contribution < -0.4 is 140 Å². The van der Waals surface area contributed by atoms with Gasteiger partial charge in [-0.2, -0.15) is 10.1 Å². The van der Waals surface area contributed by atoms with Gasteiger partial charge in [0.25, 0.3) is 0 Å². The van der Waals surface area contributed by atoms with Crippen LogP contribution >= 0.6 is 0 Å². The maximum Gasteiger partial charge on any atom is 1.00 e. The van der Waals surface area contributed by atoms with Gasteiger partial charge in [-0.05, 0) is 94.5 Å². The molecule has 21 nitrogen and oxygen atoms in total. The summed E-state index contributed by atoms with van der Waals surface area (Å²) in [4.78, 5) is 40.8. The molecule has 0 unspecified atom stereocenters. The Hall–Kier alpha value is -3.49. The summed E-state index contributed by atoms with van der Waals surface area (Å²) in [5.74, 6) is -1.83. The van der Waals surface area contributed by atoms with Crippen molar-refractivity contribution in [3.05, 3.63) is 153 Å². The Morgan fingerprint density at radius 2 is 1.20 bits per heavy atom. The molecule has 0 fully saturated rings. The monoisotopic (exact) mass is 1060 g/mol. The van der Waals surface area contributed by atoms with E-state index in [1.165, 1.54) is 72.8 Å². The van der Waals surface area contributed by atoms with Crippen molar-refractivity contribution < 1.29 is 184 Å². The number of aliphatic imine (C=N–C) groups is 1. The van der Waals surface area contributed by atoms with Crippen molar-refractivity contribution >= 4 is 114 Å². The number of hydrogen-bond acceptors (Lipinski definition) is 19. The number of rotatable bonds is 10. The summed E-state index contributed by atoms with van der Waals surface area (Å²) in [6.45, 7) is 0. The van der Waals surface area contributed by atoms with E-state index in [4.69, 9.17) is 0 Å². The van der Waals surface area contributed by atoms with E-state index in [0.29, 0.717) is 10.8 Å². The zero-order valence-electron chi connectivity index (χ0n) is 36.7. The quantitative estimate of drug-likeness (QED) is 0.0573. The van der Waals surface area contributed by atoms with Crippen LogP contribution in [-0.4, -0.2) is 80.9 Å². The molecule has 0 aromatic heterocycles. The molecule has 70 heavy (non-hydrogen) atoms. The van der Waals surface area contributed by atoms with Crippen molar-refractivity contribution in [3.8, 4) is 0 Å². The van der Waals surface area contributed by atoms with Crippen LogP contribution in [0.2, 0.25) is 0 Å². The van der Waals surface area contributed by atoms with E-state index in [1.807, 2.05) is 0 Å². The van der Waals surface area contributed by atoms with Crippen molar-refractivity contribution in [2.45, 2.75) is 9.79 Å². The Kier molecular flexibility index (Phi) is 19.2. The van der Waals surface area contributed by atoms with Crippen molar-refractivity contribution in [1.29, 1.82) is 0 Å². The number of hydrogen-bond donors (Lipinski definition) is 4. The molecule has 29 heteroatoms. The molecular formula is C41H24N6Na4O15S4. The molecule has 0 atom stereocenters. The third kappa shape index (κ3) is 12.8. The van der Waals surface area contributed by atoms with E-state index in [2.05, 4.69) is 31.7 Å². The Balaban J connectivity index is 0.00000266. The van der Waals surface area contributed by atoms with E-state index >= 15 is 0 Å². The van der Waals surface area contributed by atoms with Crippen LogP contribution in [0.1, 0.15) is 15.9 Å². The van der Waals surface area contributed by atoms with Gasteiger partial charge in [0, 0.05) is 33.9 Å². The largest absolute Gasteiger partial charge is 1.00 e. The number of ketones is 2. The fourth-order valence-corrected chi connectivity index (χ4v) is 9.97. The number of hydrazone groups is 1. The fourth-order valence-electron chi connectivity index (χ4n) is 7.11. The minimum absolute atomic E-state index is 0. The van der Waals surface area contributed by atoms with E-state index < -0.39 is 89.1 Å². The smallest absolute Gasteiger partial charge is 0.744 e. The summed E-state index contributed by atoms with van der Waals surface area (Å²) < 4.78 is 145. The van der Waals surface area contributed by atoms with E-state index in [0.717, 1.165) is 48.6 Å². The van der Waals surface area contributed by atoms with Gasteiger partial charge in [0.1, 0.15) is 46.2 Å². The molecule has 0 radical (unpaired) electrons. The number of benzene rings is 5. The van der Waals surface area contributed by atoms with Crippen LogP contribution in [0.25, 0.3) is 27.6 Å². The van der Waals surface area contributed by atoms with Gasteiger partial charge in [0.15, 0.2) is 5.78 Å². The summed E-state index contributed by atoms with van der Waals surface area (Å²) in [7, 11) is -20.4. The van der Waals surface area contributed by atoms with Gasteiger partial charge in [-0.1, -0.05) is 42.5 Å². The number of anilines is 3. The summed E-state index contributed by atoms with van der Waals surface area (Å²) in [5.41, 5.74) is 5.37. The molecular weight excluding hydrogens is 1040 g/mol. The van der Waals surface area contributed by atoms with E-state index in [1.54, 1.807) is 0 Å². The molecule has 3 aliphatic carbocycles. The zero-order valence-corrected chi connectivity index (χ0v) is 48.0. The molecule has 8 rings (SSSR count). The first-order valence-corrected chi connectivity index (χ1v) is 24.1. The van der Waals surface area contributed by atoms with E-state index in [9.17, 15) is 66.3 Å². The zero-order chi connectivity index (χ0) is 47.5. The number of amides is 2. The minimum atomic E-state index is -5.38. The van der Waals surface area contributed by atoms with Gasteiger partial charge >= 0.3 is 124 Å². The number of carbonyl (C=O) groups is 3. The van der Waals surface area contributed by atoms with Gasteiger partial charge in [-0.3, -0.25) is 20.4 Å². The van der Waals surface area contributed by atoms with Gasteiger partial charge in [0.05, 0.1) is 42.4 Å². The van der Waals surface area contributed by atoms with Crippen molar-refractivity contribution in [3.63, 3.8) is 0 Å². The number of allylic oxidation sites excluding steroid dienone is 7. The maximum absolute atomic E-state index is 13.5. The molecule has 0 saturated carbocycles. The first kappa shape index (κ1) is 59.1. The van der Waals surface area contributed by atoms with Crippen LogP contribution in [0.3, 0.4) is 0 Å². The van der Waals surface area contributed by atoms with Crippen LogP contribution in [0.4, 0.5) is 21.9 Å². The molecule has 5 aromatic carbocycles. The second kappa shape index (κ2) is 22.7. The van der Waals surface area contributed by atoms with Gasteiger partial charge < -0.3 is 29.0 Å². The minimum Gasteiger partial charge on any atom is -0.744 e. The number of fused-ring (bicyclic) bond motifs is 4. The molecule has 0 saturated heterocycles. The third-order valence-electron chi connectivity index (χ3n) is 9.93. The molecule has 5 aromatic rings. The summed E-state index contributed by atoms with van der Waals surface area (Å²) in [6, 6.07) is 18.6. The summed E-state index contributed by atoms with van der Waals surface area (Å²) in [5, 5.41) is 7.04. The Bertz CT molecular complexity index is 3780. The summed E-state index contributed by atoms with van der Waals surface area (Å²) in [6.07, 6.45) is 4.90. The summed E-state index contributed by atoms with van der Waals surface area (Å²) >= 11 is 0. The second-order valence-electron chi connectivity index (χ2n) is 14.2. The first-order chi connectivity index (χ1) is 31.0. The number of urea groups is 1. The van der Waals surface area contributed by atoms with Crippen molar-refractivity contribution in [2.75, 3.05) is 16.2 Å². The SMILES string of the molecule is O=C(/N=C1\C=CC2=C(S(=O)(=O)[O-])C(NNc3ccc4c(S(=O)(=O)[O-])cccc4c3)=CC(=O)C2=C1)Nc1ccc2c(c1)C=C(S(=O)(=O)[O-])/C(=N\Nc1ccc3cccc(S(=O)(=O)[O-])c3c1)C2=O.[Na+].[Na+].[Na+].[Na+]. The number of Topliss-reactive ketones (excluding diaryl/α,β-unsaturated/α-hetero) is 1. The molecule has 2 amide bonds.